The van der Waals surface area contributed by atoms with Crippen molar-refractivity contribution in [1.29, 1.82) is 0 Å². The largest absolute Gasteiger partial charge is 0.368 e. The van der Waals surface area contributed by atoms with E-state index in [1.165, 1.54) is 0 Å². The van der Waals surface area contributed by atoms with Gasteiger partial charge in [-0.05, 0) is 7.05 Å². The van der Waals surface area contributed by atoms with Crippen molar-refractivity contribution in [2.24, 2.45) is 0 Å². The number of nitrogens with zero attached hydrogens (tertiary/aromatic N) is 2. The molecule has 1 fully saturated rings. The number of aromatic nitrogens is 2. The van der Waals surface area contributed by atoms with Crippen molar-refractivity contribution < 1.29 is 4.74 Å². The molecule has 1 atom stereocenters. The summed E-state index contributed by atoms with van der Waals surface area (Å²) < 4.78 is 5.67. The number of fused-ring (bicyclic) bond motifs is 1. The predicted molar refractivity (Wildman–Crippen MR) is 66.0 cm³/mol. The normalized spacial score (nSPS) is 24.9. The van der Waals surface area contributed by atoms with Crippen molar-refractivity contribution in [1.82, 2.24) is 14.9 Å². The van der Waals surface area contributed by atoms with Gasteiger partial charge in [0.1, 0.15) is 11.9 Å². The van der Waals surface area contributed by atoms with Crippen LogP contribution in [0.3, 0.4) is 0 Å². The van der Waals surface area contributed by atoms with Crippen LogP contribution in [0.1, 0.15) is 23.2 Å². The fourth-order valence-electron chi connectivity index (χ4n) is 2.18. The van der Waals surface area contributed by atoms with Crippen molar-refractivity contribution in [2.45, 2.75) is 17.6 Å². The van der Waals surface area contributed by atoms with E-state index in [-0.39, 0.29) is 11.7 Å². The van der Waals surface area contributed by atoms with Gasteiger partial charge < -0.3 is 14.6 Å². The lowest BCUT2D eigenvalue weighted by atomic mass is 10.2. The number of ether oxygens (including phenoxy) is 1. The number of H-pyrrole nitrogens is 1. The number of likely N-dealkylation sites (N-methyl/N-ethyl adjacent to an activating group) is 1. The lowest BCUT2D eigenvalue weighted by molar-refractivity contribution is -0.0257. The van der Waals surface area contributed by atoms with Gasteiger partial charge in [-0.1, -0.05) is 0 Å². The SMILES string of the molecule is CN1CCOC(c2nc3c(c(=O)[nH]2)CSC3)C1. The van der Waals surface area contributed by atoms with Gasteiger partial charge >= 0.3 is 0 Å². The molecule has 17 heavy (non-hydrogen) atoms. The zero-order chi connectivity index (χ0) is 11.8. The molecule has 0 saturated carbocycles. The van der Waals surface area contributed by atoms with E-state index >= 15 is 0 Å². The molecule has 1 aromatic heterocycles. The zero-order valence-corrected chi connectivity index (χ0v) is 10.5. The molecule has 3 heterocycles. The average molecular weight is 253 g/mol. The number of morpholine rings is 1. The lowest BCUT2D eigenvalue weighted by Crippen LogP contribution is -2.37. The summed E-state index contributed by atoms with van der Waals surface area (Å²) in [4.78, 5) is 21.5. The Labute approximate surface area is 104 Å². The first-order valence-electron chi connectivity index (χ1n) is 5.74. The van der Waals surface area contributed by atoms with Crippen molar-refractivity contribution in [3.05, 3.63) is 27.4 Å². The fraction of sp³-hybridized carbons (Fsp3) is 0.636. The van der Waals surface area contributed by atoms with Gasteiger partial charge in [0, 0.05) is 30.2 Å². The molecule has 0 radical (unpaired) electrons. The smallest absolute Gasteiger partial charge is 0.255 e. The Balaban J connectivity index is 1.93. The van der Waals surface area contributed by atoms with E-state index in [9.17, 15) is 4.79 Å². The van der Waals surface area contributed by atoms with Crippen LogP contribution in [0.4, 0.5) is 0 Å². The van der Waals surface area contributed by atoms with Gasteiger partial charge in [0.25, 0.3) is 5.56 Å². The molecule has 0 aromatic carbocycles. The van der Waals surface area contributed by atoms with Gasteiger partial charge in [-0.3, -0.25) is 4.79 Å². The number of aromatic amines is 1. The van der Waals surface area contributed by atoms with Gasteiger partial charge in [0.05, 0.1) is 12.3 Å². The molecule has 1 unspecified atom stereocenters. The Bertz CT molecular complexity index is 488. The van der Waals surface area contributed by atoms with Crippen LogP contribution in [0.25, 0.3) is 0 Å². The fourth-order valence-corrected chi connectivity index (χ4v) is 3.21. The molecule has 1 saturated heterocycles. The van der Waals surface area contributed by atoms with Crippen LogP contribution < -0.4 is 5.56 Å². The maximum atomic E-state index is 11.9. The Morgan fingerprint density at radius 1 is 1.53 bits per heavy atom. The van der Waals surface area contributed by atoms with E-state index in [0.717, 1.165) is 35.9 Å². The third-order valence-corrected chi connectivity index (χ3v) is 4.15. The summed E-state index contributed by atoms with van der Waals surface area (Å²) in [5.74, 6) is 2.31. The van der Waals surface area contributed by atoms with Gasteiger partial charge in [0.2, 0.25) is 0 Å². The first-order valence-corrected chi connectivity index (χ1v) is 6.89. The molecule has 2 aliphatic heterocycles. The highest BCUT2D eigenvalue weighted by Gasteiger charge is 2.25. The predicted octanol–water partition coefficient (Wildman–Crippen LogP) is 0.520. The van der Waals surface area contributed by atoms with Crippen LogP contribution in [-0.2, 0) is 16.2 Å². The molecule has 3 rings (SSSR count). The molecular weight excluding hydrogens is 238 g/mol. The zero-order valence-electron chi connectivity index (χ0n) is 9.73. The van der Waals surface area contributed by atoms with Crippen LogP contribution in [-0.4, -0.2) is 41.6 Å². The van der Waals surface area contributed by atoms with E-state index < -0.39 is 0 Å². The third kappa shape index (κ3) is 2.12. The van der Waals surface area contributed by atoms with Gasteiger partial charge in [-0.25, -0.2) is 4.98 Å². The lowest BCUT2D eigenvalue weighted by Gasteiger charge is -2.29. The molecule has 0 bridgehead atoms. The second-order valence-electron chi connectivity index (χ2n) is 4.49. The summed E-state index contributed by atoms with van der Waals surface area (Å²) >= 11 is 1.74. The topological polar surface area (TPSA) is 58.2 Å². The highest BCUT2D eigenvalue weighted by atomic mass is 32.2. The van der Waals surface area contributed by atoms with Crippen molar-refractivity contribution in [3.63, 3.8) is 0 Å². The molecule has 5 nitrogen and oxygen atoms in total. The van der Waals surface area contributed by atoms with E-state index in [2.05, 4.69) is 21.9 Å². The molecule has 0 spiro atoms. The van der Waals surface area contributed by atoms with Crippen LogP contribution in [0, 0.1) is 0 Å². The minimum absolute atomic E-state index is 0.00632. The maximum Gasteiger partial charge on any atom is 0.255 e. The quantitative estimate of drug-likeness (QED) is 0.790. The molecule has 92 valence electrons. The van der Waals surface area contributed by atoms with Gasteiger partial charge in [-0.2, -0.15) is 11.8 Å². The molecule has 6 heteroatoms. The van der Waals surface area contributed by atoms with Gasteiger partial charge in [0.15, 0.2) is 0 Å². The molecule has 0 aliphatic carbocycles. The van der Waals surface area contributed by atoms with Crippen molar-refractivity contribution >= 4 is 11.8 Å². The average Bonchev–Trinajstić information content (AvgIpc) is 2.77. The highest BCUT2D eigenvalue weighted by molar-refractivity contribution is 7.98. The van der Waals surface area contributed by atoms with E-state index in [4.69, 9.17) is 4.74 Å². The molecule has 1 N–H and O–H groups in total. The Morgan fingerprint density at radius 3 is 3.24 bits per heavy atom. The first-order chi connectivity index (χ1) is 8.24. The Morgan fingerprint density at radius 2 is 2.41 bits per heavy atom. The Kier molecular flexibility index (Phi) is 2.94. The summed E-state index contributed by atoms with van der Waals surface area (Å²) in [5, 5.41) is 0. The summed E-state index contributed by atoms with van der Waals surface area (Å²) in [7, 11) is 2.05. The maximum absolute atomic E-state index is 11.9. The van der Waals surface area contributed by atoms with Crippen molar-refractivity contribution in [3.8, 4) is 0 Å². The second-order valence-corrected chi connectivity index (χ2v) is 5.48. The minimum Gasteiger partial charge on any atom is -0.368 e. The molecule has 0 amide bonds. The summed E-state index contributed by atoms with van der Waals surface area (Å²) in [5.41, 5.74) is 1.78. The number of hydrogen-bond donors (Lipinski definition) is 1. The van der Waals surface area contributed by atoms with Crippen LogP contribution in [0.5, 0.6) is 0 Å². The Hall–Kier alpha value is -0.850. The van der Waals surface area contributed by atoms with E-state index in [1.54, 1.807) is 11.8 Å². The van der Waals surface area contributed by atoms with E-state index in [1.807, 2.05) is 0 Å². The summed E-state index contributed by atoms with van der Waals surface area (Å²) in [6.07, 6.45) is -0.0997. The number of rotatable bonds is 1. The molecular formula is C11H15N3O2S. The standard InChI is InChI=1S/C11H15N3O2S/c1-14-2-3-16-9(4-14)10-12-8-6-17-5-7(8)11(15)13-10/h9H,2-6H2,1H3,(H,12,13,15). The number of thioether (sulfide) groups is 1. The third-order valence-electron chi connectivity index (χ3n) is 3.18. The molecule has 1 aromatic rings. The second kappa shape index (κ2) is 4.44. The number of nitrogens with one attached hydrogen (secondary N) is 1. The highest BCUT2D eigenvalue weighted by Crippen LogP contribution is 2.27. The van der Waals surface area contributed by atoms with Crippen LogP contribution >= 0.6 is 11.8 Å². The summed E-state index contributed by atoms with van der Waals surface area (Å²) in [6.45, 7) is 2.41. The monoisotopic (exact) mass is 253 g/mol. The number of hydrogen-bond acceptors (Lipinski definition) is 5. The van der Waals surface area contributed by atoms with Crippen LogP contribution in [0.2, 0.25) is 0 Å². The minimum atomic E-state index is -0.0997. The first kappa shape index (κ1) is 11.3. The van der Waals surface area contributed by atoms with Crippen molar-refractivity contribution in [2.75, 3.05) is 26.7 Å². The van der Waals surface area contributed by atoms with E-state index in [0.29, 0.717) is 12.4 Å². The van der Waals surface area contributed by atoms with Gasteiger partial charge in [-0.15, -0.1) is 0 Å². The molecule has 2 aliphatic rings. The summed E-state index contributed by atoms with van der Waals surface area (Å²) in [6, 6.07) is 0. The van der Waals surface area contributed by atoms with Crippen LogP contribution in [0.15, 0.2) is 4.79 Å².